The number of amides is 1. The molecule has 6 nitrogen and oxygen atoms in total. The van der Waals surface area contributed by atoms with Gasteiger partial charge in [-0.05, 0) is 48.0 Å². The van der Waals surface area contributed by atoms with Crippen LogP contribution in [0.15, 0.2) is 47.4 Å². The van der Waals surface area contributed by atoms with Gasteiger partial charge < -0.3 is 10.1 Å². The first kappa shape index (κ1) is 15.4. The van der Waals surface area contributed by atoms with Crippen molar-refractivity contribution in [2.24, 2.45) is 0 Å². The largest absolute Gasteiger partial charge is 0.493 e. The molecule has 1 aliphatic rings. The van der Waals surface area contributed by atoms with Gasteiger partial charge in [0.05, 0.1) is 11.5 Å². The molecule has 0 saturated heterocycles. The normalized spacial score (nSPS) is 13.1. The summed E-state index contributed by atoms with van der Waals surface area (Å²) >= 11 is 0. The van der Waals surface area contributed by atoms with Gasteiger partial charge in [-0.15, -0.1) is 0 Å². The minimum atomic E-state index is -3.68. The monoisotopic (exact) mass is 332 g/mol. The van der Waals surface area contributed by atoms with Crippen LogP contribution in [0.2, 0.25) is 0 Å². The molecule has 0 saturated carbocycles. The average molecular weight is 332 g/mol. The van der Waals surface area contributed by atoms with Crippen molar-refractivity contribution in [3.63, 3.8) is 0 Å². The van der Waals surface area contributed by atoms with Crippen molar-refractivity contribution >= 4 is 27.3 Å². The van der Waals surface area contributed by atoms with Crippen LogP contribution in [-0.4, -0.2) is 20.9 Å². The van der Waals surface area contributed by atoms with Gasteiger partial charge in [-0.2, -0.15) is 0 Å². The molecule has 1 heterocycles. The van der Waals surface area contributed by atoms with E-state index < -0.39 is 10.0 Å². The minimum absolute atomic E-state index is 0.128. The second-order valence-electron chi connectivity index (χ2n) is 5.23. The smallest absolute Gasteiger partial charge is 0.261 e. The summed E-state index contributed by atoms with van der Waals surface area (Å²) in [5.74, 6) is 0.590. The molecular weight excluding hydrogens is 316 g/mol. The van der Waals surface area contributed by atoms with Crippen molar-refractivity contribution in [2.45, 2.75) is 18.2 Å². The van der Waals surface area contributed by atoms with Crippen LogP contribution in [0.25, 0.3) is 0 Å². The summed E-state index contributed by atoms with van der Waals surface area (Å²) in [6.07, 6.45) is 0.774. The lowest BCUT2D eigenvalue weighted by atomic mass is 10.1. The predicted octanol–water partition coefficient (Wildman–Crippen LogP) is 2.38. The molecule has 2 N–H and O–H groups in total. The van der Waals surface area contributed by atoms with Crippen LogP contribution in [0, 0.1) is 0 Å². The third-order valence-corrected chi connectivity index (χ3v) is 4.82. The minimum Gasteiger partial charge on any atom is -0.493 e. The number of carbonyl (C=O) groups is 1. The van der Waals surface area contributed by atoms with Crippen molar-refractivity contribution in [3.8, 4) is 5.75 Å². The lowest BCUT2D eigenvalue weighted by molar-refractivity contribution is -0.114. The quantitative estimate of drug-likeness (QED) is 0.900. The maximum absolute atomic E-state index is 12.4. The van der Waals surface area contributed by atoms with E-state index in [4.69, 9.17) is 4.74 Å². The summed E-state index contributed by atoms with van der Waals surface area (Å²) in [5, 5.41) is 2.59. The van der Waals surface area contributed by atoms with Gasteiger partial charge in [-0.25, -0.2) is 8.42 Å². The number of carbonyl (C=O) groups excluding carboxylic acids is 1. The van der Waals surface area contributed by atoms with E-state index in [9.17, 15) is 13.2 Å². The highest BCUT2D eigenvalue weighted by Crippen LogP contribution is 2.29. The number of fused-ring (bicyclic) bond motifs is 1. The van der Waals surface area contributed by atoms with Crippen LogP contribution in [0.3, 0.4) is 0 Å². The molecule has 2 aromatic carbocycles. The van der Waals surface area contributed by atoms with Gasteiger partial charge in [-0.1, -0.05) is 0 Å². The van der Waals surface area contributed by atoms with E-state index >= 15 is 0 Å². The number of ether oxygens (including phenoxy) is 1. The van der Waals surface area contributed by atoms with Crippen molar-refractivity contribution < 1.29 is 17.9 Å². The first-order valence-electron chi connectivity index (χ1n) is 7.10. The maximum Gasteiger partial charge on any atom is 0.261 e. The number of nitrogens with one attached hydrogen (secondary N) is 2. The van der Waals surface area contributed by atoms with E-state index in [1.54, 1.807) is 30.3 Å². The van der Waals surface area contributed by atoms with Gasteiger partial charge in [0.15, 0.2) is 0 Å². The summed E-state index contributed by atoms with van der Waals surface area (Å²) in [7, 11) is -3.68. The molecule has 0 aromatic heterocycles. The van der Waals surface area contributed by atoms with E-state index in [0.717, 1.165) is 17.7 Å². The van der Waals surface area contributed by atoms with Crippen molar-refractivity contribution in [3.05, 3.63) is 48.0 Å². The first-order valence-corrected chi connectivity index (χ1v) is 8.58. The lowest BCUT2D eigenvalue weighted by Crippen LogP contribution is -2.13. The third kappa shape index (κ3) is 3.45. The highest BCUT2D eigenvalue weighted by atomic mass is 32.2. The molecule has 7 heteroatoms. The molecule has 0 aliphatic carbocycles. The Hall–Kier alpha value is -2.54. The van der Waals surface area contributed by atoms with Gasteiger partial charge in [0.2, 0.25) is 5.91 Å². The Labute approximate surface area is 134 Å². The fourth-order valence-electron chi connectivity index (χ4n) is 2.38. The van der Waals surface area contributed by atoms with Crippen molar-refractivity contribution in [1.82, 2.24) is 0 Å². The van der Waals surface area contributed by atoms with Crippen LogP contribution in [-0.2, 0) is 21.2 Å². The van der Waals surface area contributed by atoms with Crippen molar-refractivity contribution in [1.29, 1.82) is 0 Å². The van der Waals surface area contributed by atoms with Crippen LogP contribution in [0.1, 0.15) is 12.5 Å². The summed E-state index contributed by atoms with van der Waals surface area (Å²) in [6, 6.07) is 11.2. The van der Waals surface area contributed by atoms with Crippen molar-refractivity contribution in [2.75, 3.05) is 16.6 Å². The fraction of sp³-hybridized carbons (Fsp3) is 0.188. The number of rotatable bonds is 4. The standard InChI is InChI=1S/C16H16N2O4S/c1-11(19)17-13-2-5-15(6-3-13)23(20,21)18-14-4-7-16-12(10-14)8-9-22-16/h2-7,10,18H,8-9H2,1H3,(H,17,19). The summed E-state index contributed by atoms with van der Waals surface area (Å²) in [6.45, 7) is 2.01. The predicted molar refractivity (Wildman–Crippen MR) is 87.2 cm³/mol. The molecule has 0 atom stereocenters. The van der Waals surface area contributed by atoms with E-state index in [-0.39, 0.29) is 10.8 Å². The number of anilines is 2. The summed E-state index contributed by atoms with van der Waals surface area (Å²) in [4.78, 5) is 11.1. The SMILES string of the molecule is CC(=O)Nc1ccc(S(=O)(=O)Nc2ccc3c(c2)CCO3)cc1. The maximum atomic E-state index is 12.4. The van der Waals surface area contributed by atoms with Gasteiger partial charge in [0.25, 0.3) is 10.0 Å². The van der Waals surface area contributed by atoms with Crippen LogP contribution in [0.5, 0.6) is 5.75 Å². The molecule has 0 fully saturated rings. The van der Waals surface area contributed by atoms with Gasteiger partial charge >= 0.3 is 0 Å². The zero-order valence-corrected chi connectivity index (χ0v) is 13.3. The summed E-state index contributed by atoms with van der Waals surface area (Å²) in [5.41, 5.74) is 2.04. The molecule has 120 valence electrons. The molecular formula is C16H16N2O4S. The van der Waals surface area contributed by atoms with Crippen LogP contribution < -0.4 is 14.8 Å². The molecule has 0 bridgehead atoms. The van der Waals surface area contributed by atoms with E-state index in [0.29, 0.717) is 18.0 Å². The highest BCUT2D eigenvalue weighted by molar-refractivity contribution is 7.92. The molecule has 23 heavy (non-hydrogen) atoms. The van der Waals surface area contributed by atoms with Gasteiger partial charge in [0.1, 0.15) is 5.75 Å². The summed E-state index contributed by atoms with van der Waals surface area (Å²) < 4.78 is 32.8. The van der Waals surface area contributed by atoms with E-state index in [1.165, 1.54) is 19.1 Å². The average Bonchev–Trinajstić information content (AvgIpc) is 2.94. The number of hydrogen-bond acceptors (Lipinski definition) is 4. The zero-order chi connectivity index (χ0) is 16.4. The molecule has 1 amide bonds. The van der Waals surface area contributed by atoms with Gasteiger partial charge in [0, 0.05) is 24.7 Å². The Morgan fingerprint density at radius 1 is 1.09 bits per heavy atom. The molecule has 0 spiro atoms. The number of sulfonamides is 1. The van der Waals surface area contributed by atoms with Gasteiger partial charge in [-0.3, -0.25) is 9.52 Å². The number of benzene rings is 2. The first-order chi connectivity index (χ1) is 10.9. The Kier molecular flexibility index (Phi) is 3.96. The third-order valence-electron chi connectivity index (χ3n) is 3.43. The Morgan fingerprint density at radius 2 is 1.78 bits per heavy atom. The second kappa shape index (κ2) is 5.92. The lowest BCUT2D eigenvalue weighted by Gasteiger charge is -2.10. The molecule has 2 aromatic rings. The van der Waals surface area contributed by atoms with Crippen LogP contribution in [0.4, 0.5) is 11.4 Å². The fourth-order valence-corrected chi connectivity index (χ4v) is 3.43. The molecule has 0 radical (unpaired) electrons. The number of hydrogen-bond donors (Lipinski definition) is 2. The molecule has 3 rings (SSSR count). The Morgan fingerprint density at radius 3 is 2.48 bits per heavy atom. The van der Waals surface area contributed by atoms with Crippen LogP contribution >= 0.6 is 0 Å². The topological polar surface area (TPSA) is 84.5 Å². The molecule has 1 aliphatic heterocycles. The second-order valence-corrected chi connectivity index (χ2v) is 6.91. The van der Waals surface area contributed by atoms with E-state index in [2.05, 4.69) is 10.0 Å². The zero-order valence-electron chi connectivity index (χ0n) is 12.5. The molecule has 0 unspecified atom stereocenters. The Bertz CT molecular complexity index is 845. The Balaban J connectivity index is 1.80. The van der Waals surface area contributed by atoms with E-state index in [1.807, 2.05) is 0 Å². The highest BCUT2D eigenvalue weighted by Gasteiger charge is 2.17.